The highest BCUT2D eigenvalue weighted by Gasteiger charge is 2.51. The maximum absolute atomic E-state index is 12.3. The summed E-state index contributed by atoms with van der Waals surface area (Å²) in [5.74, 6) is -3.85. The lowest BCUT2D eigenvalue weighted by atomic mass is 9.87. The van der Waals surface area contributed by atoms with Crippen LogP contribution in [-0.2, 0) is 38.2 Å². The van der Waals surface area contributed by atoms with Gasteiger partial charge in [-0.3, -0.25) is 24.0 Å². The maximum Gasteiger partial charge on any atom is 0.309 e. The van der Waals surface area contributed by atoms with Gasteiger partial charge >= 0.3 is 17.9 Å². The van der Waals surface area contributed by atoms with Gasteiger partial charge in [0, 0.05) is 12.8 Å². The highest BCUT2D eigenvalue weighted by molar-refractivity contribution is 5.78. The first kappa shape index (κ1) is 22.9. The molecule has 1 aliphatic rings. The summed E-state index contributed by atoms with van der Waals surface area (Å²) in [6.45, 7) is 6.57. The Bertz CT molecular complexity index is 556. The van der Waals surface area contributed by atoms with E-state index in [9.17, 15) is 19.2 Å². The molecule has 1 fully saturated rings. The number of rotatable bonds is 8. The van der Waals surface area contributed by atoms with Crippen LogP contribution >= 0.6 is 0 Å². The van der Waals surface area contributed by atoms with Gasteiger partial charge < -0.3 is 14.2 Å². The molecule has 0 N–H and O–H groups in total. The molecular formula is C18H29NO8. The zero-order valence-electron chi connectivity index (χ0n) is 16.7. The van der Waals surface area contributed by atoms with Crippen LogP contribution in [0.15, 0.2) is 0 Å². The quantitative estimate of drug-likeness (QED) is 0.262. The molecule has 1 rings (SSSR count). The average Bonchev–Trinajstić information content (AvgIpc) is 2.94. The fourth-order valence-corrected chi connectivity index (χ4v) is 3.44. The van der Waals surface area contributed by atoms with Gasteiger partial charge in [-0.05, 0) is 33.1 Å². The Hall–Kier alpha value is -2.16. The first-order chi connectivity index (χ1) is 12.5. The van der Waals surface area contributed by atoms with Crippen LogP contribution in [0.2, 0.25) is 0 Å². The number of amides is 1. The summed E-state index contributed by atoms with van der Waals surface area (Å²) >= 11 is 0. The molecule has 0 unspecified atom stereocenters. The lowest BCUT2D eigenvalue weighted by Gasteiger charge is -2.32. The highest BCUT2D eigenvalue weighted by atomic mass is 16.7. The minimum Gasteiger partial charge on any atom is -0.469 e. The van der Waals surface area contributed by atoms with Crippen LogP contribution in [0, 0.1) is 23.7 Å². The molecule has 0 aliphatic heterocycles. The topological polar surface area (TPSA) is 108 Å². The van der Waals surface area contributed by atoms with Crippen molar-refractivity contribution in [2.24, 2.45) is 23.7 Å². The number of hydrogen-bond donors (Lipinski definition) is 0. The van der Waals surface area contributed by atoms with Crippen molar-refractivity contribution in [3.05, 3.63) is 0 Å². The van der Waals surface area contributed by atoms with E-state index in [0.717, 1.165) is 5.06 Å². The van der Waals surface area contributed by atoms with Crippen molar-refractivity contribution in [2.75, 3.05) is 27.4 Å². The third kappa shape index (κ3) is 6.50. The van der Waals surface area contributed by atoms with Crippen LogP contribution in [0.1, 0.15) is 34.1 Å². The Morgan fingerprint density at radius 3 is 1.96 bits per heavy atom. The number of esters is 3. The van der Waals surface area contributed by atoms with Crippen molar-refractivity contribution >= 4 is 24.3 Å². The third-order valence-electron chi connectivity index (χ3n) is 4.48. The largest absolute Gasteiger partial charge is 0.469 e. The van der Waals surface area contributed by atoms with Crippen molar-refractivity contribution in [3.63, 3.8) is 0 Å². The maximum atomic E-state index is 12.3. The number of nitrogens with zero attached hydrogens (tertiary/aromatic N) is 1. The van der Waals surface area contributed by atoms with Gasteiger partial charge in [-0.15, -0.1) is 0 Å². The van der Waals surface area contributed by atoms with Crippen molar-refractivity contribution < 1.29 is 38.2 Å². The molecule has 9 heteroatoms. The molecule has 0 saturated heterocycles. The van der Waals surface area contributed by atoms with Gasteiger partial charge in [-0.25, -0.2) is 5.06 Å². The molecule has 27 heavy (non-hydrogen) atoms. The van der Waals surface area contributed by atoms with Gasteiger partial charge in [0.15, 0.2) is 0 Å². The van der Waals surface area contributed by atoms with E-state index in [0.29, 0.717) is 6.41 Å². The second kappa shape index (κ2) is 9.68. The molecule has 4 atom stereocenters. The Kier molecular flexibility index (Phi) is 8.20. The molecule has 9 nitrogen and oxygen atoms in total. The third-order valence-corrected chi connectivity index (χ3v) is 4.48. The van der Waals surface area contributed by atoms with Crippen molar-refractivity contribution in [1.82, 2.24) is 5.06 Å². The monoisotopic (exact) mass is 387 g/mol. The fourth-order valence-electron chi connectivity index (χ4n) is 3.44. The number of hydrogen-bond acceptors (Lipinski definition) is 8. The van der Waals surface area contributed by atoms with E-state index in [4.69, 9.17) is 19.0 Å². The van der Waals surface area contributed by atoms with Gasteiger partial charge in [0.2, 0.25) is 6.41 Å². The average molecular weight is 387 g/mol. The normalized spacial score (nSPS) is 24.8. The van der Waals surface area contributed by atoms with Crippen LogP contribution in [0.3, 0.4) is 0 Å². The van der Waals surface area contributed by atoms with Gasteiger partial charge in [-0.2, -0.15) is 0 Å². The molecule has 0 heterocycles. The molecular weight excluding hydrogens is 358 g/mol. The van der Waals surface area contributed by atoms with Gasteiger partial charge in [0.05, 0.1) is 44.8 Å². The summed E-state index contributed by atoms with van der Waals surface area (Å²) in [4.78, 5) is 52.9. The van der Waals surface area contributed by atoms with Gasteiger partial charge in [0.1, 0.15) is 0 Å². The minimum atomic E-state index is -0.661. The zero-order chi connectivity index (χ0) is 20.8. The Morgan fingerprint density at radius 1 is 1.04 bits per heavy atom. The van der Waals surface area contributed by atoms with Crippen LogP contribution < -0.4 is 0 Å². The van der Waals surface area contributed by atoms with E-state index in [1.54, 1.807) is 20.8 Å². The number of hydroxylamine groups is 2. The van der Waals surface area contributed by atoms with Gasteiger partial charge in [-0.1, -0.05) is 0 Å². The molecule has 1 saturated carbocycles. The van der Waals surface area contributed by atoms with Crippen LogP contribution in [0.4, 0.5) is 0 Å². The molecule has 0 spiro atoms. The first-order valence-corrected chi connectivity index (χ1v) is 8.74. The summed E-state index contributed by atoms with van der Waals surface area (Å²) in [6, 6.07) is 0. The van der Waals surface area contributed by atoms with Crippen molar-refractivity contribution in [1.29, 1.82) is 0 Å². The summed E-state index contributed by atoms with van der Waals surface area (Å²) in [5, 5.41) is 1.10. The second-order valence-corrected chi connectivity index (χ2v) is 7.53. The standard InChI is InChI=1S/C18H29NO8/c1-11(21)26-9-15-13(17(23)25-6)7-12(16(22)24-5)14(15)8-19(10-20)27-18(2,3)4/h10,12-15H,7-9H2,1-6H3/t12-,13+,14+,15-/m0/s1. The van der Waals surface area contributed by atoms with E-state index >= 15 is 0 Å². The molecule has 154 valence electrons. The molecule has 0 aromatic carbocycles. The minimum absolute atomic E-state index is 0.0416. The lowest BCUT2D eigenvalue weighted by molar-refractivity contribution is -0.223. The molecule has 1 amide bonds. The molecule has 0 aromatic heterocycles. The SMILES string of the molecule is COC(=O)[C@H]1C[C@@H](C(=O)OC)[C@H](COC(C)=O)[C@@H]1CN(C=O)OC(C)(C)C. The lowest BCUT2D eigenvalue weighted by Crippen LogP contribution is -2.41. The highest BCUT2D eigenvalue weighted by Crippen LogP contribution is 2.43. The smallest absolute Gasteiger partial charge is 0.309 e. The predicted molar refractivity (Wildman–Crippen MR) is 92.9 cm³/mol. The van der Waals surface area contributed by atoms with E-state index < -0.39 is 47.2 Å². The van der Waals surface area contributed by atoms with Crippen molar-refractivity contribution in [3.8, 4) is 0 Å². The van der Waals surface area contributed by atoms with Crippen LogP contribution in [-0.4, -0.2) is 62.4 Å². The molecule has 0 aromatic rings. The fraction of sp³-hybridized carbons (Fsp3) is 0.778. The van der Waals surface area contributed by atoms with Crippen LogP contribution in [0.5, 0.6) is 0 Å². The van der Waals surface area contributed by atoms with Crippen LogP contribution in [0.25, 0.3) is 0 Å². The Morgan fingerprint density at radius 2 is 1.56 bits per heavy atom. The number of carbonyl (C=O) groups excluding carboxylic acids is 4. The predicted octanol–water partition coefficient (Wildman–Crippen LogP) is 0.953. The van der Waals surface area contributed by atoms with Crippen molar-refractivity contribution in [2.45, 2.75) is 39.7 Å². The summed E-state index contributed by atoms with van der Waals surface area (Å²) in [6.07, 6.45) is 0.701. The van der Waals surface area contributed by atoms with E-state index in [1.165, 1.54) is 21.1 Å². The van der Waals surface area contributed by atoms with E-state index in [1.807, 2.05) is 0 Å². The number of methoxy groups -OCH3 is 2. The molecule has 1 aliphatic carbocycles. The molecule has 0 radical (unpaired) electrons. The van der Waals surface area contributed by atoms with Gasteiger partial charge in [0.25, 0.3) is 0 Å². The first-order valence-electron chi connectivity index (χ1n) is 8.74. The Balaban J connectivity index is 3.16. The Labute approximate surface area is 159 Å². The van der Waals surface area contributed by atoms with E-state index in [2.05, 4.69) is 0 Å². The second-order valence-electron chi connectivity index (χ2n) is 7.53. The molecule has 0 bridgehead atoms. The summed E-state index contributed by atoms with van der Waals surface area (Å²) < 4.78 is 14.8. The zero-order valence-corrected chi connectivity index (χ0v) is 16.7. The summed E-state index contributed by atoms with van der Waals surface area (Å²) in [5.41, 5.74) is -0.632. The van der Waals surface area contributed by atoms with E-state index in [-0.39, 0.29) is 19.6 Å². The number of ether oxygens (including phenoxy) is 3. The number of carbonyl (C=O) groups is 4. The summed E-state index contributed by atoms with van der Waals surface area (Å²) in [7, 11) is 2.52.